The van der Waals surface area contributed by atoms with Crippen molar-refractivity contribution in [2.24, 2.45) is 0 Å². The number of hydrogen-bond donors (Lipinski definition) is 2. The highest BCUT2D eigenvalue weighted by molar-refractivity contribution is 7.88. The number of hydrogen-bond acceptors (Lipinski definition) is 4. The Labute approximate surface area is 141 Å². The number of benzene rings is 1. The summed E-state index contributed by atoms with van der Waals surface area (Å²) in [6, 6.07) is 7.73. The monoisotopic (exact) mass is 350 g/mol. The lowest BCUT2D eigenvalue weighted by molar-refractivity contribution is -0.135. The predicted molar refractivity (Wildman–Crippen MR) is 91.9 cm³/mol. The maximum Gasteiger partial charge on any atom is 0.224 e. The van der Waals surface area contributed by atoms with Gasteiger partial charge < -0.3 is 9.88 Å². The smallest absolute Gasteiger partial charge is 0.224 e. The first-order valence-electron chi connectivity index (χ1n) is 8.13. The molecule has 0 bridgehead atoms. The Bertz CT molecular complexity index is 798. The van der Waals surface area contributed by atoms with Crippen LogP contribution in [0.4, 0.5) is 0 Å². The van der Waals surface area contributed by atoms with Crippen LogP contribution in [0.2, 0.25) is 0 Å². The molecule has 1 saturated heterocycles. The molecule has 0 saturated carbocycles. The molecule has 8 heteroatoms. The first-order valence-corrected chi connectivity index (χ1v) is 10.0. The van der Waals surface area contributed by atoms with Gasteiger partial charge in [0.05, 0.1) is 23.3 Å². The van der Waals surface area contributed by atoms with Crippen LogP contribution in [0.15, 0.2) is 24.3 Å². The fourth-order valence-corrected chi connectivity index (χ4v) is 3.60. The van der Waals surface area contributed by atoms with Crippen molar-refractivity contribution >= 4 is 27.0 Å². The molecule has 1 fully saturated rings. The number of nitrogens with zero attached hydrogens (tertiary/aromatic N) is 2. The van der Waals surface area contributed by atoms with E-state index in [2.05, 4.69) is 14.7 Å². The van der Waals surface area contributed by atoms with Crippen LogP contribution in [0.1, 0.15) is 37.5 Å². The van der Waals surface area contributed by atoms with Gasteiger partial charge in [-0.05, 0) is 31.4 Å². The minimum Gasteiger partial charge on any atom is -0.340 e. The van der Waals surface area contributed by atoms with Gasteiger partial charge in [0.15, 0.2) is 0 Å². The zero-order valence-corrected chi connectivity index (χ0v) is 14.5. The number of rotatable bonds is 5. The van der Waals surface area contributed by atoms with Gasteiger partial charge in [-0.25, -0.2) is 18.1 Å². The summed E-state index contributed by atoms with van der Waals surface area (Å²) in [5.41, 5.74) is 1.86. The second kappa shape index (κ2) is 6.90. The number of piperidine rings is 1. The number of amides is 1. The van der Waals surface area contributed by atoms with Gasteiger partial charge in [-0.15, -0.1) is 0 Å². The molecule has 0 radical (unpaired) electrons. The molecular formula is C16H22N4O3S. The summed E-state index contributed by atoms with van der Waals surface area (Å²) >= 11 is 0. The highest BCUT2D eigenvalue weighted by Crippen LogP contribution is 2.30. The van der Waals surface area contributed by atoms with Crippen LogP contribution in [0.25, 0.3) is 11.0 Å². The molecule has 2 N–H and O–H groups in total. The normalized spacial score (nSPS) is 18.9. The standard InChI is InChI=1S/C16H22N4O3S/c1-24(22,23)17-10-9-15(21)20-11-5-4-8-14(20)16-18-12-6-2-3-7-13(12)19-16/h2-3,6-7,14,17H,4-5,8-11H2,1H3,(H,18,19)/t14-/m0/s1. The molecule has 1 aliphatic heterocycles. The van der Waals surface area contributed by atoms with Crippen LogP contribution in [-0.4, -0.2) is 48.5 Å². The van der Waals surface area contributed by atoms with E-state index >= 15 is 0 Å². The fraction of sp³-hybridized carbons (Fsp3) is 0.500. The zero-order chi connectivity index (χ0) is 17.2. The number of likely N-dealkylation sites (tertiary alicyclic amines) is 1. The Morgan fingerprint density at radius 3 is 2.92 bits per heavy atom. The second-order valence-electron chi connectivity index (χ2n) is 6.15. The average Bonchev–Trinajstić information content (AvgIpc) is 2.97. The lowest BCUT2D eigenvalue weighted by atomic mass is 10.0. The maximum atomic E-state index is 12.5. The van der Waals surface area contributed by atoms with Gasteiger partial charge in [-0.2, -0.15) is 0 Å². The van der Waals surface area contributed by atoms with Gasteiger partial charge in [-0.1, -0.05) is 12.1 Å². The van der Waals surface area contributed by atoms with Crippen LogP contribution in [0.5, 0.6) is 0 Å². The first kappa shape index (κ1) is 16.9. The molecule has 3 rings (SSSR count). The van der Waals surface area contributed by atoms with E-state index in [4.69, 9.17) is 0 Å². The minimum absolute atomic E-state index is 0.0451. The fourth-order valence-electron chi connectivity index (χ4n) is 3.13. The molecule has 7 nitrogen and oxygen atoms in total. The van der Waals surface area contributed by atoms with E-state index in [0.717, 1.165) is 42.4 Å². The number of aromatic amines is 1. The molecule has 1 atom stereocenters. The van der Waals surface area contributed by atoms with E-state index in [0.29, 0.717) is 6.54 Å². The number of sulfonamides is 1. The summed E-state index contributed by atoms with van der Waals surface area (Å²) in [6.45, 7) is 0.806. The van der Waals surface area contributed by atoms with Crippen molar-refractivity contribution in [1.29, 1.82) is 0 Å². The number of nitrogens with one attached hydrogen (secondary N) is 2. The Kier molecular flexibility index (Phi) is 4.86. The van der Waals surface area contributed by atoms with Crippen LogP contribution in [0.3, 0.4) is 0 Å². The summed E-state index contributed by atoms with van der Waals surface area (Å²) in [7, 11) is -3.27. The van der Waals surface area contributed by atoms with Crippen molar-refractivity contribution in [3.05, 3.63) is 30.1 Å². The second-order valence-corrected chi connectivity index (χ2v) is 7.99. The third kappa shape index (κ3) is 3.93. The largest absolute Gasteiger partial charge is 0.340 e. The Hall–Kier alpha value is -1.93. The maximum absolute atomic E-state index is 12.5. The Morgan fingerprint density at radius 1 is 1.38 bits per heavy atom. The number of carbonyl (C=O) groups is 1. The minimum atomic E-state index is -3.27. The van der Waals surface area contributed by atoms with Crippen LogP contribution < -0.4 is 4.72 Å². The SMILES string of the molecule is CS(=O)(=O)NCCC(=O)N1CCCC[C@H]1c1nc2ccccc2[nH]1. The topological polar surface area (TPSA) is 95.2 Å². The molecule has 1 aromatic carbocycles. The number of aromatic nitrogens is 2. The number of carbonyl (C=O) groups excluding carboxylic acids is 1. The molecule has 24 heavy (non-hydrogen) atoms. The Balaban J connectivity index is 1.74. The predicted octanol–water partition coefficient (Wildman–Crippen LogP) is 1.56. The van der Waals surface area contributed by atoms with Crippen molar-refractivity contribution in [3.63, 3.8) is 0 Å². The van der Waals surface area contributed by atoms with E-state index in [9.17, 15) is 13.2 Å². The number of fused-ring (bicyclic) bond motifs is 1. The van der Waals surface area contributed by atoms with Gasteiger partial charge in [0, 0.05) is 19.5 Å². The molecule has 130 valence electrons. The zero-order valence-electron chi connectivity index (χ0n) is 13.7. The van der Waals surface area contributed by atoms with E-state index in [1.807, 2.05) is 29.2 Å². The van der Waals surface area contributed by atoms with Crippen LogP contribution in [0, 0.1) is 0 Å². The third-order valence-electron chi connectivity index (χ3n) is 4.25. The van der Waals surface area contributed by atoms with Crippen molar-refractivity contribution < 1.29 is 13.2 Å². The lowest BCUT2D eigenvalue weighted by Gasteiger charge is -2.34. The quantitative estimate of drug-likeness (QED) is 0.855. The van der Waals surface area contributed by atoms with Gasteiger partial charge in [0.1, 0.15) is 5.82 Å². The van der Waals surface area contributed by atoms with Crippen LogP contribution >= 0.6 is 0 Å². The number of para-hydroxylation sites is 2. The van der Waals surface area contributed by atoms with E-state index < -0.39 is 10.0 Å². The van der Waals surface area contributed by atoms with Gasteiger partial charge in [0.25, 0.3) is 0 Å². The summed E-state index contributed by atoms with van der Waals surface area (Å²) in [4.78, 5) is 22.3. The summed E-state index contributed by atoms with van der Waals surface area (Å²) < 4.78 is 24.6. The summed E-state index contributed by atoms with van der Waals surface area (Å²) in [5.74, 6) is 0.761. The molecule has 2 heterocycles. The molecule has 0 unspecified atom stereocenters. The molecule has 0 spiro atoms. The van der Waals surface area contributed by atoms with E-state index in [-0.39, 0.29) is 24.9 Å². The number of imidazole rings is 1. The summed E-state index contributed by atoms with van der Waals surface area (Å²) in [5, 5.41) is 0. The van der Waals surface area contributed by atoms with Crippen molar-refractivity contribution in [1.82, 2.24) is 19.6 Å². The van der Waals surface area contributed by atoms with Gasteiger partial charge >= 0.3 is 0 Å². The van der Waals surface area contributed by atoms with Crippen molar-refractivity contribution in [2.45, 2.75) is 31.7 Å². The number of H-pyrrole nitrogens is 1. The van der Waals surface area contributed by atoms with Crippen LogP contribution in [-0.2, 0) is 14.8 Å². The van der Waals surface area contributed by atoms with Crippen molar-refractivity contribution in [3.8, 4) is 0 Å². The molecule has 1 amide bonds. The Morgan fingerprint density at radius 2 is 2.17 bits per heavy atom. The third-order valence-corrected chi connectivity index (χ3v) is 4.98. The molecule has 0 aliphatic carbocycles. The average molecular weight is 350 g/mol. The lowest BCUT2D eigenvalue weighted by Crippen LogP contribution is -2.40. The highest BCUT2D eigenvalue weighted by atomic mass is 32.2. The van der Waals surface area contributed by atoms with E-state index in [1.165, 1.54) is 0 Å². The van der Waals surface area contributed by atoms with Crippen molar-refractivity contribution in [2.75, 3.05) is 19.3 Å². The highest BCUT2D eigenvalue weighted by Gasteiger charge is 2.29. The van der Waals surface area contributed by atoms with Gasteiger partial charge in [0.2, 0.25) is 15.9 Å². The molecular weight excluding hydrogens is 328 g/mol. The van der Waals surface area contributed by atoms with E-state index in [1.54, 1.807) is 0 Å². The molecule has 2 aromatic rings. The summed E-state index contributed by atoms with van der Waals surface area (Å²) in [6.07, 6.45) is 4.12. The van der Waals surface area contributed by atoms with Gasteiger partial charge in [-0.3, -0.25) is 4.79 Å². The molecule has 1 aromatic heterocycles. The molecule has 1 aliphatic rings. The first-order chi connectivity index (χ1) is 11.4.